The van der Waals surface area contributed by atoms with Crippen molar-refractivity contribution in [1.82, 2.24) is 10.2 Å². The maximum Gasteiger partial charge on any atom is 0.244 e. The lowest BCUT2D eigenvalue weighted by Crippen LogP contribution is -2.53. The zero-order chi connectivity index (χ0) is 26.5. The molecule has 0 bridgehead atoms. The highest BCUT2D eigenvalue weighted by Gasteiger charge is 2.31. The number of carbonyl (C=O) groups is 2. The highest BCUT2D eigenvalue weighted by molar-refractivity contribution is 7.92. The molecule has 2 aromatic carbocycles. The summed E-state index contributed by atoms with van der Waals surface area (Å²) in [6.45, 7) is 4.95. The largest absolute Gasteiger partial charge is 0.352 e. The van der Waals surface area contributed by atoms with Gasteiger partial charge in [0.15, 0.2) is 0 Å². The van der Waals surface area contributed by atoms with Gasteiger partial charge in [0.25, 0.3) is 0 Å². The predicted octanol–water partition coefficient (Wildman–Crippen LogP) is 4.07. The summed E-state index contributed by atoms with van der Waals surface area (Å²) in [5.41, 5.74) is 2.77. The lowest BCUT2D eigenvalue weighted by atomic mass is 9.95. The number of hydrogen-bond acceptors (Lipinski definition) is 4. The maximum atomic E-state index is 13.6. The lowest BCUT2D eigenvalue weighted by Gasteiger charge is -2.33. The number of carbonyl (C=O) groups excluding carboxylic acids is 2. The van der Waals surface area contributed by atoms with Crippen LogP contribution in [0.25, 0.3) is 0 Å². The Morgan fingerprint density at radius 3 is 2.17 bits per heavy atom. The van der Waals surface area contributed by atoms with Gasteiger partial charge in [-0.25, -0.2) is 12.8 Å². The van der Waals surface area contributed by atoms with Crippen LogP contribution in [0.15, 0.2) is 42.5 Å². The smallest absolute Gasteiger partial charge is 0.244 e. The minimum absolute atomic E-state index is 0.0445. The maximum absolute atomic E-state index is 13.6. The lowest BCUT2D eigenvalue weighted by molar-refractivity contribution is -0.139. The fourth-order valence-corrected chi connectivity index (χ4v) is 5.48. The number of aryl methyl sites for hydroxylation is 2. The van der Waals surface area contributed by atoms with Crippen molar-refractivity contribution in [2.45, 2.75) is 71.5 Å². The molecule has 9 heteroatoms. The fraction of sp³-hybridized carbons (Fsp3) is 0.481. The summed E-state index contributed by atoms with van der Waals surface area (Å²) in [7, 11) is -3.79. The summed E-state index contributed by atoms with van der Waals surface area (Å²) >= 11 is 0. The van der Waals surface area contributed by atoms with E-state index in [1.165, 1.54) is 17.0 Å². The third-order valence-corrected chi connectivity index (χ3v) is 7.70. The average molecular weight is 518 g/mol. The summed E-state index contributed by atoms with van der Waals surface area (Å²) < 4.78 is 40.0. The quantitative estimate of drug-likeness (QED) is 0.543. The Morgan fingerprint density at radius 2 is 1.61 bits per heavy atom. The van der Waals surface area contributed by atoms with Crippen LogP contribution in [0.4, 0.5) is 10.1 Å². The van der Waals surface area contributed by atoms with Crippen molar-refractivity contribution in [2.24, 2.45) is 0 Å². The Balaban J connectivity index is 1.88. The molecule has 2 amide bonds. The number of halogens is 1. The van der Waals surface area contributed by atoms with Gasteiger partial charge in [-0.3, -0.25) is 13.9 Å². The van der Waals surface area contributed by atoms with Crippen LogP contribution in [0.3, 0.4) is 0 Å². The van der Waals surface area contributed by atoms with Crippen molar-refractivity contribution < 1.29 is 22.4 Å². The van der Waals surface area contributed by atoms with E-state index in [1.54, 1.807) is 31.2 Å². The molecule has 1 aliphatic carbocycles. The van der Waals surface area contributed by atoms with Gasteiger partial charge >= 0.3 is 0 Å². The monoisotopic (exact) mass is 517 g/mol. The number of sulfonamides is 1. The van der Waals surface area contributed by atoms with Gasteiger partial charge in [-0.05, 0) is 74.6 Å². The molecular weight excluding hydrogens is 481 g/mol. The molecule has 0 spiro atoms. The predicted molar refractivity (Wildman–Crippen MR) is 140 cm³/mol. The van der Waals surface area contributed by atoms with Crippen LogP contribution < -0.4 is 9.62 Å². The van der Waals surface area contributed by atoms with Crippen molar-refractivity contribution >= 4 is 27.5 Å². The number of anilines is 1. The van der Waals surface area contributed by atoms with Gasteiger partial charge in [-0.1, -0.05) is 37.5 Å². The second kappa shape index (κ2) is 11.9. The van der Waals surface area contributed by atoms with Crippen LogP contribution in [-0.2, 0) is 26.2 Å². The molecule has 0 radical (unpaired) electrons. The number of benzene rings is 2. The van der Waals surface area contributed by atoms with Crippen molar-refractivity contribution in [2.75, 3.05) is 17.1 Å². The van der Waals surface area contributed by atoms with Crippen molar-refractivity contribution in [3.63, 3.8) is 0 Å². The molecule has 0 aromatic heterocycles. The molecule has 1 atom stereocenters. The molecule has 0 unspecified atom stereocenters. The third kappa shape index (κ3) is 7.53. The van der Waals surface area contributed by atoms with Gasteiger partial charge in [-0.2, -0.15) is 0 Å². The Labute approximate surface area is 213 Å². The molecule has 1 N–H and O–H groups in total. The fourth-order valence-electron chi connectivity index (χ4n) is 4.65. The van der Waals surface area contributed by atoms with E-state index in [0.29, 0.717) is 11.3 Å². The van der Waals surface area contributed by atoms with Gasteiger partial charge in [0.2, 0.25) is 21.8 Å². The third-order valence-electron chi connectivity index (χ3n) is 6.56. The van der Waals surface area contributed by atoms with E-state index in [2.05, 4.69) is 5.32 Å². The van der Waals surface area contributed by atoms with Crippen molar-refractivity contribution in [1.29, 1.82) is 0 Å². The Bertz CT molecular complexity index is 1160. The Morgan fingerprint density at radius 1 is 1.03 bits per heavy atom. The second-order valence-electron chi connectivity index (χ2n) is 9.78. The number of nitrogens with zero attached hydrogens (tertiary/aromatic N) is 2. The Hall–Kier alpha value is -2.94. The molecule has 1 saturated carbocycles. The molecule has 3 rings (SSSR count). The zero-order valence-corrected chi connectivity index (χ0v) is 22.3. The molecule has 36 heavy (non-hydrogen) atoms. The summed E-state index contributed by atoms with van der Waals surface area (Å²) in [4.78, 5) is 28.1. The van der Waals surface area contributed by atoms with Crippen LogP contribution in [0, 0.1) is 19.7 Å². The molecule has 0 heterocycles. The highest BCUT2D eigenvalue weighted by Crippen LogP contribution is 2.23. The van der Waals surface area contributed by atoms with Gasteiger partial charge < -0.3 is 10.2 Å². The average Bonchev–Trinajstić information content (AvgIpc) is 2.80. The topological polar surface area (TPSA) is 86.8 Å². The second-order valence-corrected chi connectivity index (χ2v) is 11.7. The number of amides is 2. The van der Waals surface area contributed by atoms with Gasteiger partial charge in [0, 0.05) is 12.6 Å². The van der Waals surface area contributed by atoms with Crippen LogP contribution in [-0.4, -0.2) is 50.0 Å². The zero-order valence-electron chi connectivity index (χ0n) is 21.5. The number of hydrogen-bond donors (Lipinski definition) is 1. The molecular formula is C27H36FN3O4S. The van der Waals surface area contributed by atoms with E-state index in [0.717, 1.165) is 53.8 Å². The highest BCUT2D eigenvalue weighted by atomic mass is 32.2. The molecule has 0 saturated heterocycles. The van der Waals surface area contributed by atoms with Gasteiger partial charge in [0.05, 0.1) is 11.9 Å². The van der Waals surface area contributed by atoms with E-state index in [9.17, 15) is 22.4 Å². The number of nitrogens with one attached hydrogen (secondary N) is 1. The SMILES string of the molecule is Cc1cc(C)cc(N(CC(=O)N(Cc2ccc(F)cc2)[C@H](C)C(=O)NC2CCCCC2)S(C)(=O)=O)c1. The first kappa shape index (κ1) is 27.6. The van der Waals surface area contributed by atoms with Crippen LogP contribution >= 0.6 is 0 Å². The van der Waals surface area contributed by atoms with Crippen LogP contribution in [0.1, 0.15) is 55.7 Å². The summed E-state index contributed by atoms with van der Waals surface area (Å²) in [5, 5.41) is 3.05. The molecule has 1 aliphatic rings. The summed E-state index contributed by atoms with van der Waals surface area (Å²) in [6, 6.07) is 10.3. The van der Waals surface area contributed by atoms with E-state index in [-0.39, 0.29) is 18.5 Å². The summed E-state index contributed by atoms with van der Waals surface area (Å²) in [5.74, 6) is -1.21. The molecule has 196 valence electrons. The summed E-state index contributed by atoms with van der Waals surface area (Å²) in [6.07, 6.45) is 6.11. The van der Waals surface area contributed by atoms with Crippen molar-refractivity contribution in [3.8, 4) is 0 Å². The van der Waals surface area contributed by atoms with E-state index in [4.69, 9.17) is 0 Å². The van der Waals surface area contributed by atoms with Gasteiger partial charge in [-0.15, -0.1) is 0 Å². The number of rotatable bonds is 9. The first-order valence-corrected chi connectivity index (χ1v) is 14.2. The van der Waals surface area contributed by atoms with E-state index < -0.39 is 34.3 Å². The van der Waals surface area contributed by atoms with Crippen molar-refractivity contribution in [3.05, 3.63) is 65.0 Å². The van der Waals surface area contributed by atoms with E-state index in [1.807, 2.05) is 19.9 Å². The van der Waals surface area contributed by atoms with Crippen LogP contribution in [0.5, 0.6) is 0 Å². The molecule has 1 fully saturated rings. The first-order valence-electron chi connectivity index (χ1n) is 12.3. The normalized spacial score (nSPS) is 15.2. The minimum Gasteiger partial charge on any atom is -0.352 e. The minimum atomic E-state index is -3.79. The molecule has 2 aromatic rings. The Kier molecular flexibility index (Phi) is 9.11. The first-order chi connectivity index (χ1) is 16.9. The molecule has 0 aliphatic heterocycles. The standard InChI is InChI=1S/C27H36FN3O4S/c1-19-14-20(2)16-25(15-19)31(36(4,34)35)18-26(32)30(17-22-10-12-23(28)13-11-22)21(3)27(33)29-24-8-6-5-7-9-24/h10-16,21,24H,5-9,17-18H2,1-4H3,(H,29,33)/t21-/m1/s1. The van der Waals surface area contributed by atoms with Crippen LogP contribution in [0.2, 0.25) is 0 Å². The molecule has 7 nitrogen and oxygen atoms in total. The van der Waals surface area contributed by atoms with Gasteiger partial charge in [0.1, 0.15) is 18.4 Å². The van der Waals surface area contributed by atoms with E-state index >= 15 is 0 Å².